The minimum atomic E-state index is 0.579. The summed E-state index contributed by atoms with van der Waals surface area (Å²) in [6.45, 7) is 2.97. The van der Waals surface area contributed by atoms with E-state index in [1.165, 1.54) is 12.8 Å². The van der Waals surface area contributed by atoms with Gasteiger partial charge in [0, 0.05) is 31.5 Å². The summed E-state index contributed by atoms with van der Waals surface area (Å²) in [5.41, 5.74) is 0.906. The van der Waals surface area contributed by atoms with Gasteiger partial charge in [0.15, 0.2) is 0 Å². The second-order valence-corrected chi connectivity index (χ2v) is 4.43. The van der Waals surface area contributed by atoms with Gasteiger partial charge in [-0.15, -0.1) is 0 Å². The Balaban J connectivity index is 1.99. The Hall–Kier alpha value is -1.20. The SMILES string of the molecule is COc1nccnc1CN(C)C1CCCNC1. The molecular weight excluding hydrogens is 216 g/mol. The molecule has 0 bridgehead atoms. The summed E-state index contributed by atoms with van der Waals surface area (Å²) < 4.78 is 5.22. The van der Waals surface area contributed by atoms with Crippen molar-refractivity contribution in [3.05, 3.63) is 18.1 Å². The average molecular weight is 236 g/mol. The second-order valence-electron chi connectivity index (χ2n) is 4.43. The summed E-state index contributed by atoms with van der Waals surface area (Å²) in [4.78, 5) is 10.8. The minimum Gasteiger partial charge on any atom is -0.480 e. The van der Waals surface area contributed by atoms with Gasteiger partial charge in [-0.3, -0.25) is 9.88 Å². The van der Waals surface area contributed by atoms with Crippen molar-refractivity contribution in [3.8, 4) is 5.88 Å². The molecule has 1 saturated heterocycles. The Labute approximate surface area is 102 Å². The number of nitrogens with one attached hydrogen (secondary N) is 1. The van der Waals surface area contributed by atoms with Crippen LogP contribution >= 0.6 is 0 Å². The number of rotatable bonds is 4. The van der Waals surface area contributed by atoms with Gasteiger partial charge in [-0.2, -0.15) is 0 Å². The van der Waals surface area contributed by atoms with E-state index in [2.05, 4.69) is 27.2 Å². The maximum Gasteiger partial charge on any atom is 0.236 e. The molecule has 2 rings (SSSR count). The normalized spacial score (nSPS) is 20.5. The molecule has 1 aromatic heterocycles. The molecule has 1 aliphatic rings. The van der Waals surface area contributed by atoms with Gasteiger partial charge in [0.05, 0.1) is 7.11 Å². The third-order valence-electron chi connectivity index (χ3n) is 3.22. The lowest BCUT2D eigenvalue weighted by Crippen LogP contribution is -2.43. The number of likely N-dealkylation sites (N-methyl/N-ethyl adjacent to an activating group) is 1. The van der Waals surface area contributed by atoms with Gasteiger partial charge < -0.3 is 10.1 Å². The predicted octanol–water partition coefficient (Wildman–Crippen LogP) is 0.669. The van der Waals surface area contributed by atoms with Gasteiger partial charge in [0.1, 0.15) is 5.69 Å². The zero-order valence-electron chi connectivity index (χ0n) is 10.5. The number of hydrogen-bond acceptors (Lipinski definition) is 5. The van der Waals surface area contributed by atoms with Crippen molar-refractivity contribution >= 4 is 0 Å². The van der Waals surface area contributed by atoms with Crippen molar-refractivity contribution in [1.29, 1.82) is 0 Å². The minimum absolute atomic E-state index is 0.579. The first-order chi connectivity index (χ1) is 8.31. The Bertz CT molecular complexity index is 352. The van der Waals surface area contributed by atoms with Crippen molar-refractivity contribution < 1.29 is 4.74 Å². The molecule has 0 spiro atoms. The first-order valence-electron chi connectivity index (χ1n) is 6.06. The van der Waals surface area contributed by atoms with E-state index in [-0.39, 0.29) is 0 Å². The van der Waals surface area contributed by atoms with Crippen LogP contribution in [0.25, 0.3) is 0 Å². The van der Waals surface area contributed by atoms with Crippen LogP contribution in [0.2, 0.25) is 0 Å². The summed E-state index contributed by atoms with van der Waals surface area (Å²) in [6.07, 6.45) is 5.86. The smallest absolute Gasteiger partial charge is 0.236 e. The molecule has 0 aliphatic carbocycles. The first kappa shape index (κ1) is 12.3. The largest absolute Gasteiger partial charge is 0.480 e. The molecule has 0 amide bonds. The van der Waals surface area contributed by atoms with Crippen LogP contribution in [0.15, 0.2) is 12.4 Å². The fourth-order valence-electron chi connectivity index (χ4n) is 2.21. The molecule has 1 fully saturated rings. The van der Waals surface area contributed by atoms with Gasteiger partial charge in [-0.1, -0.05) is 0 Å². The van der Waals surface area contributed by atoms with Crippen LogP contribution in [0.3, 0.4) is 0 Å². The number of aromatic nitrogens is 2. The highest BCUT2D eigenvalue weighted by atomic mass is 16.5. The first-order valence-corrected chi connectivity index (χ1v) is 6.06. The molecule has 2 heterocycles. The zero-order valence-corrected chi connectivity index (χ0v) is 10.5. The molecular formula is C12H20N4O. The van der Waals surface area contributed by atoms with E-state index in [4.69, 9.17) is 4.74 Å². The lowest BCUT2D eigenvalue weighted by atomic mass is 10.1. The third kappa shape index (κ3) is 3.14. The molecule has 0 aromatic carbocycles. The van der Waals surface area contributed by atoms with E-state index in [1.807, 2.05) is 0 Å². The molecule has 1 atom stereocenters. The summed E-state index contributed by atoms with van der Waals surface area (Å²) in [5, 5.41) is 3.42. The average Bonchev–Trinajstić information content (AvgIpc) is 2.40. The molecule has 0 radical (unpaired) electrons. The van der Waals surface area contributed by atoms with E-state index in [9.17, 15) is 0 Å². The highest BCUT2D eigenvalue weighted by Gasteiger charge is 2.19. The lowest BCUT2D eigenvalue weighted by molar-refractivity contribution is 0.191. The van der Waals surface area contributed by atoms with E-state index in [0.29, 0.717) is 11.9 Å². The van der Waals surface area contributed by atoms with Crippen LogP contribution in [0.4, 0.5) is 0 Å². The van der Waals surface area contributed by atoms with Crippen molar-refractivity contribution in [1.82, 2.24) is 20.2 Å². The molecule has 5 heteroatoms. The molecule has 1 aliphatic heterocycles. The van der Waals surface area contributed by atoms with Gasteiger partial charge in [-0.05, 0) is 26.4 Å². The lowest BCUT2D eigenvalue weighted by Gasteiger charge is -2.31. The second kappa shape index (κ2) is 5.93. The zero-order chi connectivity index (χ0) is 12.1. The summed E-state index contributed by atoms with van der Waals surface area (Å²) in [6, 6.07) is 0.579. The fourth-order valence-corrected chi connectivity index (χ4v) is 2.21. The van der Waals surface area contributed by atoms with E-state index in [0.717, 1.165) is 25.3 Å². The highest BCUT2D eigenvalue weighted by molar-refractivity contribution is 5.16. The van der Waals surface area contributed by atoms with E-state index >= 15 is 0 Å². The van der Waals surface area contributed by atoms with E-state index in [1.54, 1.807) is 19.5 Å². The maximum atomic E-state index is 5.22. The maximum absolute atomic E-state index is 5.22. The highest BCUT2D eigenvalue weighted by Crippen LogP contribution is 2.16. The molecule has 17 heavy (non-hydrogen) atoms. The monoisotopic (exact) mass is 236 g/mol. The van der Waals surface area contributed by atoms with Crippen molar-refractivity contribution in [3.63, 3.8) is 0 Å². The molecule has 94 valence electrons. The van der Waals surface area contributed by atoms with Crippen LogP contribution in [0.1, 0.15) is 18.5 Å². The molecule has 1 aromatic rings. The van der Waals surface area contributed by atoms with Crippen LogP contribution < -0.4 is 10.1 Å². The number of methoxy groups -OCH3 is 1. The topological polar surface area (TPSA) is 50.3 Å². The van der Waals surface area contributed by atoms with Crippen LogP contribution in [0, 0.1) is 0 Å². The van der Waals surface area contributed by atoms with Crippen molar-refractivity contribution in [2.75, 3.05) is 27.2 Å². The molecule has 0 saturated carbocycles. The van der Waals surface area contributed by atoms with Gasteiger partial charge in [-0.25, -0.2) is 4.98 Å². The Morgan fingerprint density at radius 2 is 2.29 bits per heavy atom. The Morgan fingerprint density at radius 1 is 1.47 bits per heavy atom. The third-order valence-corrected chi connectivity index (χ3v) is 3.22. The number of piperidine rings is 1. The Kier molecular flexibility index (Phi) is 4.28. The quantitative estimate of drug-likeness (QED) is 0.832. The van der Waals surface area contributed by atoms with Crippen molar-refractivity contribution in [2.45, 2.75) is 25.4 Å². The predicted molar refractivity (Wildman–Crippen MR) is 65.9 cm³/mol. The Morgan fingerprint density at radius 3 is 3.00 bits per heavy atom. The van der Waals surface area contributed by atoms with Gasteiger partial charge >= 0.3 is 0 Å². The number of ether oxygens (including phenoxy) is 1. The molecule has 1 unspecified atom stereocenters. The van der Waals surface area contributed by atoms with Crippen LogP contribution in [0.5, 0.6) is 5.88 Å². The van der Waals surface area contributed by atoms with Gasteiger partial charge in [0.25, 0.3) is 0 Å². The van der Waals surface area contributed by atoms with Crippen LogP contribution in [-0.4, -0.2) is 48.2 Å². The summed E-state index contributed by atoms with van der Waals surface area (Å²) >= 11 is 0. The number of hydrogen-bond donors (Lipinski definition) is 1. The summed E-state index contributed by atoms with van der Waals surface area (Å²) in [7, 11) is 3.77. The molecule has 1 N–H and O–H groups in total. The molecule has 5 nitrogen and oxygen atoms in total. The van der Waals surface area contributed by atoms with Gasteiger partial charge in [0.2, 0.25) is 5.88 Å². The van der Waals surface area contributed by atoms with Crippen molar-refractivity contribution in [2.24, 2.45) is 0 Å². The summed E-state index contributed by atoms with van der Waals surface area (Å²) in [5.74, 6) is 0.628. The van der Waals surface area contributed by atoms with Crippen LogP contribution in [-0.2, 0) is 6.54 Å². The standard InChI is InChI=1S/C12H20N4O/c1-16(10-4-3-5-13-8-10)9-11-12(17-2)15-7-6-14-11/h6-7,10,13H,3-5,8-9H2,1-2H3. The number of nitrogens with zero attached hydrogens (tertiary/aromatic N) is 3. The fraction of sp³-hybridized carbons (Fsp3) is 0.667. The van der Waals surface area contributed by atoms with E-state index < -0.39 is 0 Å².